The van der Waals surface area contributed by atoms with Gasteiger partial charge in [-0.3, -0.25) is 4.98 Å². The van der Waals surface area contributed by atoms with Crippen molar-refractivity contribution < 1.29 is 4.79 Å². The number of pyridine rings is 1. The highest BCUT2D eigenvalue weighted by molar-refractivity contribution is 5.73. The zero-order valence-electron chi connectivity index (χ0n) is 12.3. The topological polar surface area (TPSA) is 54.0 Å². The minimum atomic E-state index is -0.140. The van der Waals surface area contributed by atoms with Crippen LogP contribution in [0.2, 0.25) is 0 Å². The highest BCUT2D eigenvalue weighted by Crippen LogP contribution is 2.17. The van der Waals surface area contributed by atoms with Crippen molar-refractivity contribution in [2.24, 2.45) is 0 Å². The minimum Gasteiger partial charge on any atom is -0.338 e. The number of benzene rings is 1. The first-order valence-corrected chi connectivity index (χ1v) is 7.21. The molecule has 0 fully saturated rings. The van der Waals surface area contributed by atoms with E-state index < -0.39 is 0 Å². The monoisotopic (exact) mass is 283 g/mol. The van der Waals surface area contributed by atoms with E-state index in [9.17, 15) is 4.79 Å². The van der Waals surface area contributed by atoms with E-state index in [1.54, 1.807) is 12.4 Å². The quantitative estimate of drug-likeness (QED) is 0.856. The summed E-state index contributed by atoms with van der Waals surface area (Å²) in [5.74, 6) is 0.435. The van der Waals surface area contributed by atoms with E-state index >= 15 is 0 Å². The number of urea groups is 1. The van der Waals surface area contributed by atoms with Crippen molar-refractivity contribution in [2.75, 3.05) is 6.54 Å². The molecule has 0 aliphatic heterocycles. The molecule has 2 rings (SSSR count). The lowest BCUT2D eigenvalue weighted by Crippen LogP contribution is -2.35. The molecule has 0 saturated heterocycles. The Bertz CT molecular complexity index is 542. The number of nitrogens with zero attached hydrogens (tertiary/aromatic N) is 1. The summed E-state index contributed by atoms with van der Waals surface area (Å²) in [6.45, 7) is 3.33. The fourth-order valence-corrected chi connectivity index (χ4v) is 2.10. The zero-order valence-corrected chi connectivity index (χ0v) is 12.3. The summed E-state index contributed by atoms with van der Waals surface area (Å²) in [5.41, 5.74) is 2.29. The van der Waals surface area contributed by atoms with Crippen LogP contribution in [-0.4, -0.2) is 17.6 Å². The van der Waals surface area contributed by atoms with Gasteiger partial charge in [0.1, 0.15) is 0 Å². The van der Waals surface area contributed by atoms with Crippen molar-refractivity contribution in [3.05, 3.63) is 66.0 Å². The van der Waals surface area contributed by atoms with Crippen molar-refractivity contribution >= 4 is 6.03 Å². The SMILES string of the molecule is C[C@H](CCNC(=O)NCc1cccnc1)c1ccccc1. The number of rotatable bonds is 6. The van der Waals surface area contributed by atoms with Crippen molar-refractivity contribution in [1.82, 2.24) is 15.6 Å². The molecule has 0 unspecified atom stereocenters. The summed E-state index contributed by atoms with van der Waals surface area (Å²) in [5, 5.41) is 5.71. The maximum absolute atomic E-state index is 11.7. The lowest BCUT2D eigenvalue weighted by atomic mass is 9.98. The van der Waals surface area contributed by atoms with Gasteiger partial charge in [-0.05, 0) is 29.5 Å². The van der Waals surface area contributed by atoms with E-state index in [-0.39, 0.29) is 6.03 Å². The Hall–Kier alpha value is -2.36. The molecule has 0 bridgehead atoms. The van der Waals surface area contributed by atoms with Gasteiger partial charge >= 0.3 is 6.03 Å². The van der Waals surface area contributed by atoms with Crippen LogP contribution in [0.15, 0.2) is 54.9 Å². The van der Waals surface area contributed by atoms with Crippen molar-refractivity contribution in [1.29, 1.82) is 0 Å². The fourth-order valence-electron chi connectivity index (χ4n) is 2.10. The standard InChI is InChI=1S/C17H21N3O/c1-14(16-7-3-2-4-8-16)9-11-19-17(21)20-13-15-6-5-10-18-12-15/h2-8,10,12,14H,9,11,13H2,1H3,(H2,19,20,21)/t14-/m1/s1. The van der Waals surface area contributed by atoms with Gasteiger partial charge in [0.15, 0.2) is 0 Å². The molecule has 110 valence electrons. The molecule has 21 heavy (non-hydrogen) atoms. The number of carbonyl (C=O) groups is 1. The molecule has 4 nitrogen and oxygen atoms in total. The summed E-state index contributed by atoms with van der Waals surface area (Å²) in [6, 6.07) is 14.0. The lowest BCUT2D eigenvalue weighted by molar-refractivity contribution is 0.240. The molecule has 1 aromatic heterocycles. The molecular weight excluding hydrogens is 262 g/mol. The number of hydrogen-bond acceptors (Lipinski definition) is 2. The van der Waals surface area contributed by atoms with E-state index in [1.807, 2.05) is 30.3 Å². The van der Waals surface area contributed by atoms with Crippen molar-refractivity contribution in [3.63, 3.8) is 0 Å². The van der Waals surface area contributed by atoms with Crippen molar-refractivity contribution in [3.8, 4) is 0 Å². The molecule has 0 aliphatic rings. The Morgan fingerprint density at radius 1 is 1.14 bits per heavy atom. The molecule has 0 spiro atoms. The molecule has 1 heterocycles. The lowest BCUT2D eigenvalue weighted by Gasteiger charge is -2.13. The summed E-state index contributed by atoms with van der Waals surface area (Å²) >= 11 is 0. The first-order valence-electron chi connectivity index (χ1n) is 7.21. The van der Waals surface area contributed by atoms with Crippen LogP contribution in [-0.2, 0) is 6.54 Å². The van der Waals surface area contributed by atoms with Crippen LogP contribution < -0.4 is 10.6 Å². The van der Waals surface area contributed by atoms with E-state index in [1.165, 1.54) is 5.56 Å². The predicted molar refractivity (Wildman–Crippen MR) is 83.9 cm³/mol. The summed E-state index contributed by atoms with van der Waals surface area (Å²) < 4.78 is 0. The van der Waals surface area contributed by atoms with Crippen LogP contribution in [0.3, 0.4) is 0 Å². The first kappa shape index (κ1) is 15.0. The van der Waals surface area contributed by atoms with E-state index in [4.69, 9.17) is 0 Å². The van der Waals surface area contributed by atoms with Gasteiger partial charge in [0.05, 0.1) is 0 Å². The minimum absolute atomic E-state index is 0.140. The maximum atomic E-state index is 11.7. The number of amides is 2. The molecule has 0 aliphatic carbocycles. The van der Waals surface area contributed by atoms with Crippen LogP contribution in [0.5, 0.6) is 0 Å². The van der Waals surface area contributed by atoms with Crippen LogP contribution in [0.1, 0.15) is 30.4 Å². The number of nitrogens with one attached hydrogen (secondary N) is 2. The van der Waals surface area contributed by atoms with Crippen LogP contribution >= 0.6 is 0 Å². The third-order valence-corrected chi connectivity index (χ3v) is 3.41. The highest BCUT2D eigenvalue weighted by atomic mass is 16.2. The fraction of sp³-hybridized carbons (Fsp3) is 0.294. The summed E-state index contributed by atoms with van der Waals surface area (Å²) in [4.78, 5) is 15.7. The second kappa shape index (κ2) is 8.04. The van der Waals surface area contributed by atoms with Gasteiger partial charge in [0, 0.05) is 25.5 Å². The number of hydrogen-bond donors (Lipinski definition) is 2. The Kier molecular flexibility index (Phi) is 5.76. The third-order valence-electron chi connectivity index (χ3n) is 3.41. The zero-order chi connectivity index (χ0) is 14.9. The van der Waals surface area contributed by atoms with E-state index in [0.717, 1.165) is 12.0 Å². The first-order chi connectivity index (χ1) is 10.3. The molecule has 0 radical (unpaired) electrons. The summed E-state index contributed by atoms with van der Waals surface area (Å²) in [7, 11) is 0. The Morgan fingerprint density at radius 3 is 2.67 bits per heavy atom. The second-order valence-corrected chi connectivity index (χ2v) is 5.07. The van der Waals surface area contributed by atoms with Gasteiger partial charge in [-0.1, -0.05) is 43.3 Å². The van der Waals surface area contributed by atoms with Crippen LogP contribution in [0.4, 0.5) is 4.79 Å². The van der Waals surface area contributed by atoms with Gasteiger partial charge < -0.3 is 10.6 Å². The Balaban J connectivity index is 1.65. The number of carbonyl (C=O) groups excluding carboxylic acids is 1. The molecule has 1 atom stereocenters. The van der Waals surface area contributed by atoms with Gasteiger partial charge in [-0.25, -0.2) is 4.79 Å². The Morgan fingerprint density at radius 2 is 1.95 bits per heavy atom. The molecule has 2 N–H and O–H groups in total. The van der Waals surface area contributed by atoms with Gasteiger partial charge in [0.25, 0.3) is 0 Å². The molecular formula is C17H21N3O. The molecule has 1 aromatic carbocycles. The van der Waals surface area contributed by atoms with Crippen molar-refractivity contribution in [2.45, 2.75) is 25.8 Å². The molecule has 0 saturated carbocycles. The average Bonchev–Trinajstić information content (AvgIpc) is 2.54. The third kappa shape index (κ3) is 5.26. The maximum Gasteiger partial charge on any atom is 0.315 e. The second-order valence-electron chi connectivity index (χ2n) is 5.07. The molecule has 2 amide bonds. The Labute approximate surface area is 125 Å². The highest BCUT2D eigenvalue weighted by Gasteiger charge is 2.06. The van der Waals surface area contributed by atoms with Crippen LogP contribution in [0, 0.1) is 0 Å². The van der Waals surface area contributed by atoms with Gasteiger partial charge in [-0.2, -0.15) is 0 Å². The molecule has 2 aromatic rings. The average molecular weight is 283 g/mol. The van der Waals surface area contributed by atoms with Crippen LogP contribution in [0.25, 0.3) is 0 Å². The smallest absolute Gasteiger partial charge is 0.315 e. The summed E-state index contributed by atoms with van der Waals surface area (Å²) in [6.07, 6.45) is 4.39. The van der Waals surface area contributed by atoms with E-state index in [2.05, 4.69) is 34.7 Å². The van der Waals surface area contributed by atoms with Gasteiger partial charge in [-0.15, -0.1) is 0 Å². The van der Waals surface area contributed by atoms with Gasteiger partial charge in [0.2, 0.25) is 0 Å². The normalized spacial score (nSPS) is 11.7. The molecule has 4 heteroatoms. The largest absolute Gasteiger partial charge is 0.338 e. The number of aromatic nitrogens is 1. The predicted octanol–water partition coefficient (Wildman–Crippen LogP) is 3.07. The van der Waals surface area contributed by atoms with E-state index in [0.29, 0.717) is 19.0 Å².